The number of aromatic nitrogens is 2. The molecule has 0 unspecified atom stereocenters. The van der Waals surface area contributed by atoms with Gasteiger partial charge in [0.05, 0.1) is 11.0 Å². The minimum atomic E-state index is 0.154. The molecule has 0 spiro atoms. The third-order valence-electron chi connectivity index (χ3n) is 12.1. The van der Waals surface area contributed by atoms with Crippen molar-refractivity contribution < 1.29 is 0 Å². The topological polar surface area (TPSA) is 17.8 Å². The molecule has 16 radical (unpaired) electrons. The first-order chi connectivity index (χ1) is 28.7. The van der Waals surface area contributed by atoms with E-state index >= 15 is 0 Å². The lowest BCUT2D eigenvalue weighted by Crippen LogP contribution is -2.50. The highest BCUT2D eigenvalue weighted by Gasteiger charge is 2.29. The Bertz CT molecular complexity index is 3370. The molecule has 59 heavy (non-hydrogen) atoms. The van der Waals surface area contributed by atoms with Crippen LogP contribution in [0.4, 0.5) is 0 Å². The van der Waals surface area contributed by atoms with Gasteiger partial charge in [-0.25, -0.2) is 4.98 Å². The maximum atomic E-state index is 7.21. The Morgan fingerprint density at radius 2 is 0.763 bits per heavy atom. The Labute approximate surface area is 352 Å². The number of fused-ring (bicyclic) bond motifs is 6. The Morgan fingerprint density at radius 3 is 1.36 bits per heavy atom. The molecule has 0 aliphatic heterocycles. The molecule has 0 N–H and O–H groups in total. The molecular weight excluding hydrogens is 703 g/mol. The van der Waals surface area contributed by atoms with Crippen LogP contribution in [0.1, 0.15) is 0 Å². The predicted octanol–water partition coefficient (Wildman–Crippen LogP) is 3.48. The number of benzene rings is 9. The fourth-order valence-corrected chi connectivity index (χ4v) is 9.45. The van der Waals surface area contributed by atoms with Crippen LogP contribution in [0.3, 0.4) is 0 Å². The van der Waals surface area contributed by atoms with Gasteiger partial charge in [-0.15, -0.1) is 21.9 Å². The summed E-state index contributed by atoms with van der Waals surface area (Å²) in [5.74, 6) is 0.690. The molecule has 0 atom stereocenters. The molecule has 9 aromatic carbocycles. The summed E-state index contributed by atoms with van der Waals surface area (Å²) in [6.07, 6.45) is 0. The van der Waals surface area contributed by atoms with E-state index in [1.165, 1.54) is 0 Å². The van der Waals surface area contributed by atoms with Crippen molar-refractivity contribution in [3.63, 3.8) is 0 Å². The number of imidazole rings is 1. The van der Waals surface area contributed by atoms with Gasteiger partial charge in [0.2, 0.25) is 0 Å². The molecule has 1 aromatic heterocycles. The van der Waals surface area contributed by atoms with Gasteiger partial charge < -0.3 is 0 Å². The van der Waals surface area contributed by atoms with Gasteiger partial charge in [0.15, 0.2) is 0 Å². The summed E-state index contributed by atoms with van der Waals surface area (Å²) < 4.78 is 2.14. The average Bonchev–Trinajstić information content (AvgIpc) is 3.83. The molecule has 0 saturated carbocycles. The highest BCUT2D eigenvalue weighted by molar-refractivity contribution is 6.71. The first kappa shape index (κ1) is 35.9. The summed E-state index contributed by atoms with van der Waals surface area (Å²) in [5, 5.41) is 4.31. The molecule has 10 aromatic rings. The molecule has 1 heterocycles. The van der Waals surface area contributed by atoms with Crippen LogP contribution in [0.2, 0.25) is 0 Å². The first-order valence-electron chi connectivity index (χ1n) is 19.2. The minimum absolute atomic E-state index is 0.154. The average molecular weight is 725 g/mol. The van der Waals surface area contributed by atoms with E-state index in [4.69, 9.17) is 67.8 Å². The van der Waals surface area contributed by atoms with Gasteiger partial charge in [0.1, 0.15) is 68.6 Å². The number of hydrogen-bond donors (Lipinski definition) is 0. The summed E-state index contributed by atoms with van der Waals surface area (Å²) in [5.41, 5.74) is 12.5. The summed E-state index contributed by atoms with van der Waals surface area (Å²) >= 11 is 0. The van der Waals surface area contributed by atoms with E-state index < -0.39 is 0 Å². The van der Waals surface area contributed by atoms with Gasteiger partial charge >= 0.3 is 0 Å². The fraction of sp³-hybridized carbons (Fsp3) is 0. The van der Waals surface area contributed by atoms with Crippen LogP contribution >= 0.6 is 0 Å². The second-order valence-electron chi connectivity index (χ2n) is 15.1. The van der Waals surface area contributed by atoms with E-state index in [-0.39, 0.29) is 43.7 Å². The van der Waals surface area contributed by atoms with Crippen LogP contribution < -0.4 is 43.7 Å². The fourth-order valence-electron chi connectivity index (χ4n) is 9.45. The number of hydrogen-bond acceptors (Lipinski definition) is 1. The highest BCUT2D eigenvalue weighted by Crippen LogP contribution is 2.51. The van der Waals surface area contributed by atoms with E-state index in [2.05, 4.69) is 77.4 Å². The molecule has 252 valence electrons. The van der Waals surface area contributed by atoms with Crippen LogP contribution in [0.15, 0.2) is 133 Å². The second-order valence-corrected chi connectivity index (χ2v) is 15.1. The molecule has 10 heteroatoms. The van der Waals surface area contributed by atoms with Crippen molar-refractivity contribution in [1.82, 2.24) is 9.55 Å². The van der Waals surface area contributed by atoms with E-state index in [1.807, 2.05) is 60.7 Å². The molecule has 0 fully saturated rings. The van der Waals surface area contributed by atoms with Crippen molar-refractivity contribution in [2.45, 2.75) is 0 Å². The quantitative estimate of drug-likeness (QED) is 0.201. The van der Waals surface area contributed by atoms with Gasteiger partial charge in [-0.2, -0.15) is 0 Å². The van der Waals surface area contributed by atoms with Crippen molar-refractivity contribution in [2.75, 3.05) is 0 Å². The van der Waals surface area contributed by atoms with Crippen LogP contribution in [-0.2, 0) is 0 Å². The number of rotatable bonds is 4. The van der Waals surface area contributed by atoms with Gasteiger partial charge in [-0.3, -0.25) is 4.57 Å². The van der Waals surface area contributed by atoms with Gasteiger partial charge in [0, 0.05) is 11.3 Å². The normalized spacial score (nSPS) is 11.9. The molecule has 11 rings (SSSR count). The van der Waals surface area contributed by atoms with Gasteiger partial charge in [-0.05, 0) is 101 Å². The van der Waals surface area contributed by atoms with E-state index in [0.29, 0.717) is 38.5 Å². The van der Waals surface area contributed by atoms with Crippen molar-refractivity contribution in [3.8, 4) is 61.6 Å². The molecule has 1 aliphatic carbocycles. The van der Waals surface area contributed by atoms with E-state index in [9.17, 15) is 0 Å². The Kier molecular flexibility index (Phi) is 7.98. The molecule has 0 bridgehead atoms. The van der Waals surface area contributed by atoms with Gasteiger partial charge in [-0.1, -0.05) is 131 Å². The summed E-state index contributed by atoms with van der Waals surface area (Å²) in [7, 11) is 56.0. The van der Waals surface area contributed by atoms with Crippen molar-refractivity contribution in [1.29, 1.82) is 0 Å². The van der Waals surface area contributed by atoms with Crippen molar-refractivity contribution in [2.24, 2.45) is 0 Å². The van der Waals surface area contributed by atoms with Crippen molar-refractivity contribution in [3.05, 3.63) is 133 Å². The lowest BCUT2D eigenvalue weighted by atomic mass is 9.59. The van der Waals surface area contributed by atoms with Crippen LogP contribution in [0.25, 0.3) is 105 Å². The number of para-hydroxylation sites is 3. The largest absolute Gasteiger partial charge is 0.292 e. The smallest absolute Gasteiger partial charge is 0.146 e. The molecule has 0 amide bonds. The third-order valence-corrected chi connectivity index (χ3v) is 12.1. The molecule has 0 saturated heterocycles. The summed E-state index contributed by atoms with van der Waals surface area (Å²) in [6.45, 7) is 0. The zero-order valence-corrected chi connectivity index (χ0v) is 31.7. The second kappa shape index (κ2) is 13.1. The van der Waals surface area contributed by atoms with Crippen LogP contribution in [0.5, 0.6) is 0 Å². The zero-order valence-electron chi connectivity index (χ0n) is 31.7. The minimum Gasteiger partial charge on any atom is -0.292 e. The van der Waals surface area contributed by atoms with Gasteiger partial charge in [0.25, 0.3) is 0 Å². The monoisotopic (exact) mass is 726 g/mol. The lowest BCUT2D eigenvalue weighted by Gasteiger charge is -2.29. The Balaban J connectivity index is 1.36. The predicted molar refractivity (Wildman–Crippen MR) is 257 cm³/mol. The van der Waals surface area contributed by atoms with E-state index in [1.54, 1.807) is 0 Å². The number of nitrogens with zero attached hydrogens (tertiary/aromatic N) is 2. The molecule has 1 aliphatic rings. The van der Waals surface area contributed by atoms with Crippen LogP contribution in [0, 0.1) is 0 Å². The third kappa shape index (κ3) is 4.90. The molecular formula is C49H22B8N2. The Hall–Kier alpha value is -6.25. The zero-order chi connectivity index (χ0) is 40.4. The maximum Gasteiger partial charge on any atom is 0.146 e. The van der Waals surface area contributed by atoms with E-state index in [0.717, 1.165) is 66.4 Å². The molecule has 2 nitrogen and oxygen atoms in total. The maximum absolute atomic E-state index is 7.21. The lowest BCUT2D eigenvalue weighted by molar-refractivity contribution is 1.10. The first-order valence-corrected chi connectivity index (χ1v) is 19.2. The standard InChI is InChI=1S/C49H22B8N2/c50-41-37-35(28-15-6-7-16-31(28)49-58-32-19-8-9-20-33(32)59(49)23-11-2-1-3-12-23)38-40(44(53)48(57)46(55)42(38)51)36(39(37)43(52)47(56)45(41)54)30-22-21-29-25-14-5-4-13-24(25)26-17-10-18-27(30)34(26)29/h1-22H. The summed E-state index contributed by atoms with van der Waals surface area (Å²) in [4.78, 5) is 5.25. The van der Waals surface area contributed by atoms with Crippen molar-refractivity contribution >= 4 is 150 Å². The SMILES string of the molecule is [B]c1c([B])c([B])c2c(-c3ccc4c5c(cccc35)-c3ccccc3-4)c3c([B])c([B])c([B])c([B])c3c(-c3ccccc3-c3nc4ccccc4n3-c3ccccc3)c2c1[B]. The van der Waals surface area contributed by atoms with Crippen LogP contribution in [-0.4, -0.2) is 72.3 Å². The Morgan fingerprint density at radius 1 is 0.322 bits per heavy atom. The summed E-state index contributed by atoms with van der Waals surface area (Å²) in [6, 6.07) is 45.1. The highest BCUT2D eigenvalue weighted by atomic mass is 15.1.